The summed E-state index contributed by atoms with van der Waals surface area (Å²) in [6, 6.07) is 11.9. The summed E-state index contributed by atoms with van der Waals surface area (Å²) in [5, 5.41) is 3.43. The molecule has 2 fully saturated rings. The molecule has 1 heterocycles. The van der Waals surface area contributed by atoms with Gasteiger partial charge < -0.3 is 5.32 Å². The summed E-state index contributed by atoms with van der Waals surface area (Å²) in [6.07, 6.45) is 5.06. The number of fused-ring (bicyclic) bond motifs is 5. The van der Waals surface area contributed by atoms with Gasteiger partial charge in [0, 0.05) is 16.3 Å². The highest BCUT2D eigenvalue weighted by Gasteiger charge is 2.59. The van der Waals surface area contributed by atoms with Gasteiger partial charge in [0.05, 0.1) is 17.5 Å². The number of imide groups is 1. The molecule has 0 radical (unpaired) electrons. The highest BCUT2D eigenvalue weighted by atomic mass is 35.5. The maximum atomic E-state index is 12.9. The zero-order chi connectivity index (χ0) is 20.3. The van der Waals surface area contributed by atoms with E-state index in [2.05, 4.69) is 17.5 Å². The maximum absolute atomic E-state index is 12.9. The second-order valence-electron chi connectivity index (χ2n) is 7.93. The van der Waals surface area contributed by atoms with Crippen molar-refractivity contribution in [1.29, 1.82) is 0 Å². The average molecular weight is 407 g/mol. The number of halogens is 1. The first-order valence-corrected chi connectivity index (χ1v) is 10.1. The van der Waals surface area contributed by atoms with Gasteiger partial charge in [0.15, 0.2) is 0 Å². The predicted octanol–water partition coefficient (Wildman–Crippen LogP) is 4.21. The van der Waals surface area contributed by atoms with Gasteiger partial charge in [-0.15, -0.1) is 0 Å². The molecule has 1 saturated heterocycles. The summed E-state index contributed by atoms with van der Waals surface area (Å²) in [5.41, 5.74) is 2.40. The summed E-state index contributed by atoms with van der Waals surface area (Å²) < 4.78 is 0. The van der Waals surface area contributed by atoms with Crippen molar-refractivity contribution in [2.24, 2.45) is 23.7 Å². The van der Waals surface area contributed by atoms with Gasteiger partial charge in [-0.25, -0.2) is 0 Å². The maximum Gasteiger partial charge on any atom is 0.255 e. The minimum absolute atomic E-state index is 0.122. The van der Waals surface area contributed by atoms with Crippen LogP contribution in [-0.2, 0) is 9.59 Å². The second-order valence-corrected chi connectivity index (χ2v) is 8.33. The molecular weight excluding hydrogens is 388 g/mol. The fourth-order valence-corrected chi connectivity index (χ4v) is 5.03. The third-order valence-electron chi connectivity index (χ3n) is 6.37. The van der Waals surface area contributed by atoms with E-state index in [0.717, 1.165) is 12.0 Å². The summed E-state index contributed by atoms with van der Waals surface area (Å²) in [4.78, 5) is 39.7. The van der Waals surface area contributed by atoms with E-state index in [1.807, 2.05) is 6.92 Å². The molecule has 0 spiro atoms. The van der Waals surface area contributed by atoms with Gasteiger partial charge in [-0.2, -0.15) is 0 Å². The summed E-state index contributed by atoms with van der Waals surface area (Å²) in [6.45, 7) is 1.84. The first kappa shape index (κ1) is 18.1. The van der Waals surface area contributed by atoms with Crippen LogP contribution in [0.2, 0.25) is 5.02 Å². The van der Waals surface area contributed by atoms with Crippen LogP contribution < -0.4 is 10.2 Å². The van der Waals surface area contributed by atoms with E-state index in [0.29, 0.717) is 22.0 Å². The number of nitrogens with zero attached hydrogens (tertiary/aromatic N) is 1. The van der Waals surface area contributed by atoms with Crippen molar-refractivity contribution >= 4 is 40.7 Å². The van der Waals surface area contributed by atoms with Crippen LogP contribution in [0.25, 0.3) is 0 Å². The van der Waals surface area contributed by atoms with E-state index in [4.69, 9.17) is 11.6 Å². The van der Waals surface area contributed by atoms with Gasteiger partial charge in [0.2, 0.25) is 11.8 Å². The Morgan fingerprint density at radius 2 is 1.62 bits per heavy atom. The summed E-state index contributed by atoms with van der Waals surface area (Å²) in [7, 11) is 0. The van der Waals surface area contributed by atoms with Crippen LogP contribution >= 0.6 is 11.6 Å². The molecule has 6 heteroatoms. The molecule has 0 unspecified atom stereocenters. The number of nitrogens with one attached hydrogen (secondary N) is 1. The monoisotopic (exact) mass is 406 g/mol. The predicted molar refractivity (Wildman–Crippen MR) is 111 cm³/mol. The van der Waals surface area contributed by atoms with Crippen LogP contribution in [0.1, 0.15) is 22.3 Å². The van der Waals surface area contributed by atoms with Crippen molar-refractivity contribution in [3.63, 3.8) is 0 Å². The number of amides is 3. The lowest BCUT2D eigenvalue weighted by atomic mass is 9.85. The first-order chi connectivity index (χ1) is 14.0. The van der Waals surface area contributed by atoms with Gasteiger partial charge in [-0.3, -0.25) is 19.3 Å². The van der Waals surface area contributed by atoms with Crippen molar-refractivity contribution in [1.82, 2.24) is 0 Å². The molecule has 146 valence electrons. The summed E-state index contributed by atoms with van der Waals surface area (Å²) >= 11 is 6.10. The average Bonchev–Trinajstić information content (AvgIpc) is 3.39. The standard InChI is InChI=1S/C23H19ClN2O3/c1-12-17(24)3-2-4-18(12)25-21(27)13-7-9-16(10-8-13)26-22(28)19-14-5-6-15(11-14)20(19)23(26)29/h2-10,14-15,19-20H,11H2,1H3,(H,25,27)/t14-,15-,19+,20+/m1/s1. The minimum atomic E-state index is -0.278. The molecule has 2 aromatic carbocycles. The number of rotatable bonds is 3. The van der Waals surface area contributed by atoms with Crippen LogP contribution in [-0.4, -0.2) is 17.7 Å². The van der Waals surface area contributed by atoms with Gasteiger partial charge >= 0.3 is 0 Å². The van der Waals surface area contributed by atoms with Crippen molar-refractivity contribution < 1.29 is 14.4 Å². The van der Waals surface area contributed by atoms with E-state index in [9.17, 15) is 14.4 Å². The molecule has 2 aromatic rings. The fourth-order valence-electron chi connectivity index (χ4n) is 4.86. The van der Waals surface area contributed by atoms with Crippen molar-refractivity contribution in [2.75, 3.05) is 10.2 Å². The molecule has 5 nitrogen and oxygen atoms in total. The molecule has 5 rings (SSSR count). The number of allylic oxidation sites excluding steroid dienone is 2. The summed E-state index contributed by atoms with van der Waals surface area (Å²) in [5.74, 6) is -0.625. The zero-order valence-electron chi connectivity index (χ0n) is 15.8. The highest BCUT2D eigenvalue weighted by molar-refractivity contribution is 6.31. The number of hydrogen-bond donors (Lipinski definition) is 1. The van der Waals surface area contributed by atoms with E-state index in [1.165, 1.54) is 4.90 Å². The van der Waals surface area contributed by atoms with E-state index < -0.39 is 0 Å². The van der Waals surface area contributed by atoms with E-state index in [1.54, 1.807) is 42.5 Å². The van der Waals surface area contributed by atoms with Crippen LogP contribution in [0.15, 0.2) is 54.6 Å². The Morgan fingerprint density at radius 3 is 2.24 bits per heavy atom. The molecule has 2 aliphatic carbocycles. The lowest BCUT2D eigenvalue weighted by Crippen LogP contribution is -2.32. The van der Waals surface area contributed by atoms with Crippen molar-refractivity contribution in [2.45, 2.75) is 13.3 Å². The molecule has 1 N–H and O–H groups in total. The molecule has 3 amide bonds. The number of hydrogen-bond acceptors (Lipinski definition) is 3. The molecule has 29 heavy (non-hydrogen) atoms. The lowest BCUT2D eigenvalue weighted by Gasteiger charge is -2.17. The van der Waals surface area contributed by atoms with Crippen molar-refractivity contribution in [3.8, 4) is 0 Å². The minimum Gasteiger partial charge on any atom is -0.322 e. The Balaban J connectivity index is 1.36. The lowest BCUT2D eigenvalue weighted by molar-refractivity contribution is -0.123. The zero-order valence-corrected chi connectivity index (χ0v) is 16.5. The molecule has 4 atom stereocenters. The Hall–Kier alpha value is -2.92. The SMILES string of the molecule is Cc1c(Cl)cccc1NC(=O)c1ccc(N2C(=O)[C@@H]3[C@@H](C2=O)[C@@H]2C=C[C@@H]3C2)cc1. The van der Waals surface area contributed by atoms with Gasteiger partial charge in [0.25, 0.3) is 5.91 Å². The molecular formula is C23H19ClN2O3. The Kier molecular flexibility index (Phi) is 4.10. The molecule has 3 aliphatic rings. The Bertz CT molecular complexity index is 1050. The number of benzene rings is 2. The van der Waals surface area contributed by atoms with Gasteiger partial charge in [0.1, 0.15) is 0 Å². The highest BCUT2D eigenvalue weighted by Crippen LogP contribution is 2.53. The van der Waals surface area contributed by atoms with Gasteiger partial charge in [-0.1, -0.05) is 29.8 Å². The Labute approximate surface area is 173 Å². The quantitative estimate of drug-likeness (QED) is 0.613. The van der Waals surface area contributed by atoms with Crippen LogP contribution in [0.4, 0.5) is 11.4 Å². The number of carbonyl (C=O) groups is 3. The molecule has 1 saturated carbocycles. The first-order valence-electron chi connectivity index (χ1n) is 9.68. The molecule has 1 aliphatic heterocycles. The third kappa shape index (κ3) is 2.72. The van der Waals surface area contributed by atoms with E-state index >= 15 is 0 Å². The molecule has 0 aromatic heterocycles. The third-order valence-corrected chi connectivity index (χ3v) is 6.78. The van der Waals surface area contributed by atoms with Gasteiger partial charge in [-0.05, 0) is 67.1 Å². The molecule has 2 bridgehead atoms. The number of carbonyl (C=O) groups excluding carboxylic acids is 3. The fraction of sp³-hybridized carbons (Fsp3) is 0.261. The van der Waals surface area contributed by atoms with Crippen molar-refractivity contribution in [3.05, 3.63) is 70.8 Å². The smallest absolute Gasteiger partial charge is 0.255 e. The van der Waals surface area contributed by atoms with Crippen LogP contribution in [0.5, 0.6) is 0 Å². The number of anilines is 2. The second kappa shape index (κ2) is 6.56. The Morgan fingerprint density at radius 1 is 1.00 bits per heavy atom. The topological polar surface area (TPSA) is 66.5 Å². The largest absolute Gasteiger partial charge is 0.322 e. The van der Waals surface area contributed by atoms with E-state index in [-0.39, 0.29) is 41.4 Å². The van der Waals surface area contributed by atoms with Crippen LogP contribution in [0.3, 0.4) is 0 Å². The normalized spacial score (nSPS) is 26.9. The van der Waals surface area contributed by atoms with Crippen LogP contribution in [0, 0.1) is 30.6 Å².